The first-order chi connectivity index (χ1) is 10.3. The first kappa shape index (κ1) is 18.4. The van der Waals surface area contributed by atoms with Crippen LogP contribution in [0.25, 0.3) is 0 Å². The molecule has 0 saturated carbocycles. The van der Waals surface area contributed by atoms with E-state index < -0.39 is 10.0 Å². The quantitative estimate of drug-likeness (QED) is 0.756. The third kappa shape index (κ3) is 5.65. The Morgan fingerprint density at radius 3 is 2.55 bits per heavy atom. The fourth-order valence-corrected chi connectivity index (χ4v) is 2.89. The molecule has 6 nitrogen and oxygen atoms in total. The highest BCUT2D eigenvalue weighted by Crippen LogP contribution is 2.21. The third-order valence-electron chi connectivity index (χ3n) is 3.14. The summed E-state index contributed by atoms with van der Waals surface area (Å²) in [6.45, 7) is 6.14. The zero-order chi connectivity index (χ0) is 16.8. The summed E-state index contributed by atoms with van der Waals surface area (Å²) >= 11 is 0. The van der Waals surface area contributed by atoms with Gasteiger partial charge in [-0.05, 0) is 43.0 Å². The zero-order valence-electron chi connectivity index (χ0n) is 13.5. The predicted molar refractivity (Wildman–Crippen MR) is 85.4 cm³/mol. The topological polar surface area (TPSA) is 84.5 Å². The molecule has 0 aromatic heterocycles. The molecule has 0 aliphatic carbocycles. The molecule has 22 heavy (non-hydrogen) atoms. The van der Waals surface area contributed by atoms with Crippen LogP contribution < -0.4 is 14.8 Å². The summed E-state index contributed by atoms with van der Waals surface area (Å²) in [4.78, 5) is 11.7. The molecule has 0 spiro atoms. The number of hydrogen-bond donors (Lipinski definition) is 2. The molecule has 1 aromatic rings. The van der Waals surface area contributed by atoms with Crippen molar-refractivity contribution in [3.05, 3.63) is 23.8 Å². The van der Waals surface area contributed by atoms with Crippen LogP contribution in [0.15, 0.2) is 23.1 Å². The van der Waals surface area contributed by atoms with Crippen molar-refractivity contribution in [1.29, 1.82) is 0 Å². The van der Waals surface area contributed by atoms with E-state index in [4.69, 9.17) is 4.74 Å². The molecule has 1 aromatic carbocycles. The molecule has 0 atom stereocenters. The van der Waals surface area contributed by atoms with Crippen LogP contribution in [0.5, 0.6) is 5.75 Å². The fraction of sp³-hybridized carbons (Fsp3) is 0.533. The van der Waals surface area contributed by atoms with Crippen molar-refractivity contribution in [2.75, 3.05) is 20.2 Å². The number of nitrogens with one attached hydrogen (secondary N) is 2. The third-order valence-corrected chi connectivity index (χ3v) is 4.54. The van der Waals surface area contributed by atoms with Gasteiger partial charge >= 0.3 is 0 Å². The molecule has 0 unspecified atom stereocenters. The Kier molecular flexibility index (Phi) is 6.83. The molecule has 1 rings (SSSR count). The standard InChI is InChI=1S/C15H24N2O4S/c1-11(2)7-8-16-15(18)10-17-22(19,20)13-5-6-14(21-4)12(3)9-13/h5-6,9,11,17H,7-8,10H2,1-4H3,(H,16,18). The Hall–Kier alpha value is -1.60. The van der Waals surface area contributed by atoms with Gasteiger partial charge in [0.25, 0.3) is 0 Å². The van der Waals surface area contributed by atoms with Gasteiger partial charge in [0.2, 0.25) is 15.9 Å². The van der Waals surface area contributed by atoms with Gasteiger partial charge in [0, 0.05) is 6.54 Å². The molecule has 0 fully saturated rings. The minimum absolute atomic E-state index is 0.112. The number of ether oxygens (including phenoxy) is 1. The van der Waals surface area contributed by atoms with Crippen molar-refractivity contribution in [1.82, 2.24) is 10.0 Å². The number of methoxy groups -OCH3 is 1. The van der Waals surface area contributed by atoms with Crippen LogP contribution in [0, 0.1) is 12.8 Å². The highest BCUT2D eigenvalue weighted by molar-refractivity contribution is 7.89. The summed E-state index contributed by atoms with van der Waals surface area (Å²) in [5.74, 6) is 0.763. The van der Waals surface area contributed by atoms with E-state index in [0.717, 1.165) is 6.42 Å². The molecule has 0 aliphatic heterocycles. The molecule has 0 bridgehead atoms. The van der Waals surface area contributed by atoms with Crippen molar-refractivity contribution in [2.45, 2.75) is 32.1 Å². The highest BCUT2D eigenvalue weighted by Gasteiger charge is 2.16. The van der Waals surface area contributed by atoms with E-state index in [0.29, 0.717) is 23.8 Å². The van der Waals surface area contributed by atoms with Crippen molar-refractivity contribution >= 4 is 15.9 Å². The van der Waals surface area contributed by atoms with Crippen LogP contribution in [0.3, 0.4) is 0 Å². The number of carbonyl (C=O) groups excluding carboxylic acids is 1. The van der Waals surface area contributed by atoms with Gasteiger partial charge in [-0.15, -0.1) is 0 Å². The summed E-state index contributed by atoms with van der Waals surface area (Å²) in [6, 6.07) is 4.55. The van der Waals surface area contributed by atoms with Gasteiger partial charge in [0.15, 0.2) is 0 Å². The smallest absolute Gasteiger partial charge is 0.241 e. The van der Waals surface area contributed by atoms with Crippen molar-refractivity contribution in [3.8, 4) is 5.75 Å². The van der Waals surface area contributed by atoms with E-state index in [-0.39, 0.29) is 17.3 Å². The Morgan fingerprint density at radius 1 is 1.32 bits per heavy atom. The maximum Gasteiger partial charge on any atom is 0.241 e. The Morgan fingerprint density at radius 2 is 2.00 bits per heavy atom. The lowest BCUT2D eigenvalue weighted by atomic mass is 10.1. The molecular formula is C15H24N2O4S. The summed E-state index contributed by atoms with van der Waals surface area (Å²) in [5.41, 5.74) is 0.715. The molecule has 7 heteroatoms. The monoisotopic (exact) mass is 328 g/mol. The summed E-state index contributed by atoms with van der Waals surface area (Å²) in [6.07, 6.45) is 0.857. The minimum Gasteiger partial charge on any atom is -0.496 e. The number of rotatable bonds is 8. The first-order valence-corrected chi connectivity index (χ1v) is 8.65. The number of aryl methyl sites for hydroxylation is 1. The molecule has 1 amide bonds. The number of benzene rings is 1. The minimum atomic E-state index is -3.71. The number of carbonyl (C=O) groups is 1. The van der Waals surface area contributed by atoms with E-state index in [1.54, 1.807) is 13.0 Å². The summed E-state index contributed by atoms with van der Waals surface area (Å²) < 4.78 is 31.7. The lowest BCUT2D eigenvalue weighted by molar-refractivity contribution is -0.119. The van der Waals surface area contributed by atoms with E-state index in [1.807, 2.05) is 0 Å². The van der Waals surface area contributed by atoms with E-state index in [1.165, 1.54) is 19.2 Å². The van der Waals surface area contributed by atoms with Crippen molar-refractivity contribution < 1.29 is 17.9 Å². The fourth-order valence-electron chi connectivity index (χ4n) is 1.82. The Balaban J connectivity index is 2.60. The molecule has 0 heterocycles. The second-order valence-electron chi connectivity index (χ2n) is 5.49. The predicted octanol–water partition coefficient (Wildman–Crippen LogP) is 1.44. The van der Waals surface area contributed by atoms with Crippen LogP contribution in [-0.2, 0) is 14.8 Å². The molecule has 0 radical (unpaired) electrons. The van der Waals surface area contributed by atoms with Crippen LogP contribution in [-0.4, -0.2) is 34.5 Å². The second kappa shape index (κ2) is 8.14. The Bertz CT molecular complexity index is 612. The van der Waals surface area contributed by atoms with Gasteiger partial charge in [-0.25, -0.2) is 13.1 Å². The molecule has 124 valence electrons. The average Bonchev–Trinajstić information content (AvgIpc) is 2.44. The normalized spacial score (nSPS) is 11.5. The maximum atomic E-state index is 12.1. The largest absolute Gasteiger partial charge is 0.496 e. The van der Waals surface area contributed by atoms with Gasteiger partial charge < -0.3 is 10.1 Å². The molecule has 2 N–H and O–H groups in total. The van der Waals surface area contributed by atoms with Gasteiger partial charge in [-0.3, -0.25) is 4.79 Å². The number of amides is 1. The Labute approximate surface area is 132 Å². The van der Waals surface area contributed by atoms with Crippen LogP contribution in [0.1, 0.15) is 25.8 Å². The maximum absolute atomic E-state index is 12.1. The van der Waals surface area contributed by atoms with Crippen LogP contribution in [0.2, 0.25) is 0 Å². The van der Waals surface area contributed by atoms with E-state index in [2.05, 4.69) is 23.9 Å². The molecule has 0 saturated heterocycles. The van der Waals surface area contributed by atoms with E-state index >= 15 is 0 Å². The van der Waals surface area contributed by atoms with Gasteiger partial charge in [-0.1, -0.05) is 13.8 Å². The summed E-state index contributed by atoms with van der Waals surface area (Å²) in [5, 5.41) is 2.68. The lowest BCUT2D eigenvalue weighted by Crippen LogP contribution is -2.37. The van der Waals surface area contributed by atoms with Gasteiger partial charge in [0.1, 0.15) is 5.75 Å². The lowest BCUT2D eigenvalue weighted by Gasteiger charge is -2.10. The number of hydrogen-bond acceptors (Lipinski definition) is 4. The van der Waals surface area contributed by atoms with Crippen LogP contribution in [0.4, 0.5) is 0 Å². The van der Waals surface area contributed by atoms with E-state index in [9.17, 15) is 13.2 Å². The first-order valence-electron chi connectivity index (χ1n) is 7.17. The average molecular weight is 328 g/mol. The van der Waals surface area contributed by atoms with Crippen molar-refractivity contribution in [3.63, 3.8) is 0 Å². The second-order valence-corrected chi connectivity index (χ2v) is 7.26. The number of sulfonamides is 1. The SMILES string of the molecule is COc1ccc(S(=O)(=O)NCC(=O)NCCC(C)C)cc1C. The highest BCUT2D eigenvalue weighted by atomic mass is 32.2. The summed E-state index contributed by atoms with van der Waals surface area (Å²) in [7, 11) is -2.19. The van der Waals surface area contributed by atoms with Crippen LogP contribution >= 0.6 is 0 Å². The van der Waals surface area contributed by atoms with Gasteiger partial charge in [0.05, 0.1) is 18.6 Å². The van der Waals surface area contributed by atoms with Crippen molar-refractivity contribution in [2.24, 2.45) is 5.92 Å². The van der Waals surface area contributed by atoms with Gasteiger partial charge in [-0.2, -0.15) is 0 Å². The molecular weight excluding hydrogens is 304 g/mol. The molecule has 0 aliphatic rings. The zero-order valence-corrected chi connectivity index (χ0v) is 14.3.